The largest absolute Gasteiger partial charge is 0.325 e. The number of hydrogen-bond acceptors (Lipinski definition) is 5. The van der Waals surface area contributed by atoms with Crippen molar-refractivity contribution in [3.05, 3.63) is 18.3 Å². The summed E-state index contributed by atoms with van der Waals surface area (Å²) in [4.78, 5) is 16.0. The van der Waals surface area contributed by atoms with Crippen molar-refractivity contribution < 1.29 is 13.2 Å². The summed E-state index contributed by atoms with van der Waals surface area (Å²) in [7, 11) is -3.31. The number of aromatic nitrogens is 1. The van der Waals surface area contributed by atoms with E-state index in [0.717, 1.165) is 19.1 Å². The van der Waals surface area contributed by atoms with Crippen LogP contribution >= 0.6 is 0 Å². The Morgan fingerprint density at radius 1 is 1.32 bits per heavy atom. The third kappa shape index (κ3) is 3.64. The molecule has 3 heterocycles. The van der Waals surface area contributed by atoms with E-state index in [1.807, 2.05) is 0 Å². The maximum absolute atomic E-state index is 12.1. The van der Waals surface area contributed by atoms with Gasteiger partial charge in [-0.05, 0) is 43.7 Å². The fourth-order valence-electron chi connectivity index (χ4n) is 3.49. The van der Waals surface area contributed by atoms with Gasteiger partial charge in [0.05, 0.1) is 11.9 Å². The molecule has 2 fully saturated rings. The summed E-state index contributed by atoms with van der Waals surface area (Å²) in [6, 6.07) is 4.14. The van der Waals surface area contributed by atoms with Gasteiger partial charge in [-0.25, -0.2) is 13.4 Å². The second kappa shape index (κ2) is 5.96. The number of amides is 1. The lowest BCUT2D eigenvalue weighted by Gasteiger charge is -2.28. The average Bonchev–Trinajstić information content (AvgIpc) is 2.77. The van der Waals surface area contributed by atoms with Crippen LogP contribution < -0.4 is 10.6 Å². The lowest BCUT2D eigenvalue weighted by atomic mass is 9.89. The number of hydrogen-bond donors (Lipinski definition) is 2. The van der Waals surface area contributed by atoms with Gasteiger partial charge in [0.1, 0.15) is 0 Å². The minimum Gasteiger partial charge on any atom is -0.325 e. The molecule has 120 valence electrons. The maximum Gasteiger partial charge on any atom is 0.224 e. The molecule has 2 atom stereocenters. The van der Waals surface area contributed by atoms with E-state index in [2.05, 4.69) is 15.6 Å². The van der Waals surface area contributed by atoms with Crippen LogP contribution in [0.15, 0.2) is 23.4 Å². The van der Waals surface area contributed by atoms with E-state index in [1.54, 1.807) is 6.07 Å². The lowest BCUT2D eigenvalue weighted by Crippen LogP contribution is -2.39. The van der Waals surface area contributed by atoms with Crippen molar-refractivity contribution in [3.63, 3.8) is 0 Å². The molecule has 0 saturated carbocycles. The Labute approximate surface area is 130 Å². The second-order valence-corrected chi connectivity index (χ2v) is 8.35. The molecule has 2 aliphatic rings. The number of fused-ring (bicyclic) bond motifs is 2. The van der Waals surface area contributed by atoms with Crippen molar-refractivity contribution in [2.75, 3.05) is 11.6 Å². The van der Waals surface area contributed by atoms with Gasteiger partial charge < -0.3 is 10.6 Å². The molecule has 0 spiro atoms. The highest BCUT2D eigenvalue weighted by molar-refractivity contribution is 7.90. The van der Waals surface area contributed by atoms with Crippen LogP contribution in [0.2, 0.25) is 0 Å². The Morgan fingerprint density at radius 2 is 2.00 bits per heavy atom. The van der Waals surface area contributed by atoms with Crippen molar-refractivity contribution in [3.8, 4) is 0 Å². The van der Waals surface area contributed by atoms with Gasteiger partial charge in [0.2, 0.25) is 5.91 Å². The molecule has 0 radical (unpaired) electrons. The third-order valence-electron chi connectivity index (χ3n) is 4.44. The highest BCUT2D eigenvalue weighted by Gasteiger charge is 2.34. The van der Waals surface area contributed by atoms with E-state index < -0.39 is 9.84 Å². The van der Waals surface area contributed by atoms with E-state index >= 15 is 0 Å². The van der Waals surface area contributed by atoms with Crippen molar-refractivity contribution in [1.82, 2.24) is 10.3 Å². The van der Waals surface area contributed by atoms with Crippen molar-refractivity contribution in [2.45, 2.75) is 49.2 Å². The summed E-state index contributed by atoms with van der Waals surface area (Å²) in [6.07, 6.45) is 7.59. The molecule has 1 amide bonds. The lowest BCUT2D eigenvalue weighted by molar-refractivity contribution is -0.117. The predicted octanol–water partition coefficient (Wildman–Crippen LogP) is 1.34. The fourth-order valence-corrected chi connectivity index (χ4v) is 4.05. The third-order valence-corrected chi connectivity index (χ3v) is 5.45. The summed E-state index contributed by atoms with van der Waals surface area (Å²) in [6.45, 7) is 0. The molecule has 6 nitrogen and oxygen atoms in total. The standard InChI is InChI=1S/C15H21N3O3S/c1-22(20,21)15-5-4-13(9-16-15)18-14(19)8-10-6-11-2-3-12(7-10)17-11/h4-5,9-12,17H,2-3,6-8H2,1H3,(H,18,19). The summed E-state index contributed by atoms with van der Waals surface area (Å²) in [5.41, 5.74) is 0.536. The van der Waals surface area contributed by atoms with Gasteiger partial charge >= 0.3 is 0 Å². The minimum absolute atomic E-state index is 0.0143. The molecule has 3 rings (SSSR count). The second-order valence-electron chi connectivity index (χ2n) is 6.38. The first kappa shape index (κ1) is 15.4. The smallest absolute Gasteiger partial charge is 0.224 e. The van der Waals surface area contributed by atoms with Crippen LogP contribution in [0.5, 0.6) is 0 Å². The molecule has 1 aromatic rings. The van der Waals surface area contributed by atoms with E-state index in [9.17, 15) is 13.2 Å². The highest BCUT2D eigenvalue weighted by atomic mass is 32.2. The molecule has 7 heteroatoms. The molecular weight excluding hydrogens is 302 g/mol. The molecule has 2 N–H and O–H groups in total. The van der Waals surface area contributed by atoms with Crippen molar-refractivity contribution >= 4 is 21.4 Å². The van der Waals surface area contributed by atoms with Crippen LogP contribution in [0.1, 0.15) is 32.1 Å². The van der Waals surface area contributed by atoms with E-state index in [1.165, 1.54) is 25.1 Å². The molecule has 2 bridgehead atoms. The van der Waals surface area contributed by atoms with Crippen LogP contribution in [-0.4, -0.2) is 37.6 Å². The van der Waals surface area contributed by atoms with Gasteiger partial charge in [-0.2, -0.15) is 0 Å². The molecule has 22 heavy (non-hydrogen) atoms. The van der Waals surface area contributed by atoms with E-state index in [-0.39, 0.29) is 10.9 Å². The molecule has 2 unspecified atom stereocenters. The number of carbonyl (C=O) groups excluding carboxylic acids is 1. The summed E-state index contributed by atoms with van der Waals surface area (Å²) in [5, 5.41) is 6.38. The van der Waals surface area contributed by atoms with Crippen LogP contribution in [0, 0.1) is 5.92 Å². The number of nitrogens with zero attached hydrogens (tertiary/aromatic N) is 1. The summed E-state index contributed by atoms with van der Waals surface area (Å²) < 4.78 is 22.7. The first-order chi connectivity index (χ1) is 10.4. The normalized spacial score (nSPS) is 27.6. The van der Waals surface area contributed by atoms with E-state index in [4.69, 9.17) is 0 Å². The highest BCUT2D eigenvalue weighted by Crippen LogP contribution is 2.32. The van der Waals surface area contributed by atoms with Gasteiger partial charge in [-0.1, -0.05) is 0 Å². The number of nitrogens with one attached hydrogen (secondary N) is 2. The first-order valence-corrected chi connectivity index (χ1v) is 9.51. The Hall–Kier alpha value is -1.47. The van der Waals surface area contributed by atoms with Gasteiger partial charge in [0.25, 0.3) is 0 Å². The van der Waals surface area contributed by atoms with Crippen LogP contribution in [0.25, 0.3) is 0 Å². The van der Waals surface area contributed by atoms with Gasteiger partial charge in [0.15, 0.2) is 14.9 Å². The Bertz CT molecular complexity index is 645. The van der Waals surface area contributed by atoms with Crippen LogP contribution in [0.4, 0.5) is 5.69 Å². The number of sulfone groups is 1. The fraction of sp³-hybridized carbons (Fsp3) is 0.600. The Morgan fingerprint density at radius 3 is 2.55 bits per heavy atom. The topological polar surface area (TPSA) is 88.2 Å². The zero-order chi connectivity index (χ0) is 15.7. The quantitative estimate of drug-likeness (QED) is 0.873. The number of rotatable bonds is 4. The number of carbonyl (C=O) groups is 1. The van der Waals surface area contributed by atoms with E-state index in [0.29, 0.717) is 30.1 Å². The molecule has 2 aliphatic heterocycles. The summed E-state index contributed by atoms with van der Waals surface area (Å²) >= 11 is 0. The van der Waals surface area contributed by atoms with Gasteiger partial charge in [0, 0.05) is 24.8 Å². The molecular formula is C15H21N3O3S. The van der Waals surface area contributed by atoms with Gasteiger partial charge in [-0.3, -0.25) is 4.79 Å². The number of piperidine rings is 1. The van der Waals surface area contributed by atoms with Gasteiger partial charge in [-0.15, -0.1) is 0 Å². The van der Waals surface area contributed by atoms with Crippen LogP contribution in [-0.2, 0) is 14.6 Å². The number of anilines is 1. The minimum atomic E-state index is -3.31. The SMILES string of the molecule is CS(=O)(=O)c1ccc(NC(=O)CC2CC3CCC(C2)N3)cn1. The zero-order valence-corrected chi connectivity index (χ0v) is 13.4. The molecule has 2 saturated heterocycles. The Kier molecular flexibility index (Phi) is 4.18. The van der Waals surface area contributed by atoms with Crippen LogP contribution in [0.3, 0.4) is 0 Å². The Balaban J connectivity index is 1.55. The number of pyridine rings is 1. The monoisotopic (exact) mass is 323 g/mol. The molecule has 1 aromatic heterocycles. The maximum atomic E-state index is 12.1. The summed E-state index contributed by atoms with van der Waals surface area (Å²) in [5.74, 6) is 0.405. The van der Waals surface area contributed by atoms with Crippen molar-refractivity contribution in [1.29, 1.82) is 0 Å². The zero-order valence-electron chi connectivity index (χ0n) is 12.6. The molecule has 0 aliphatic carbocycles. The molecule has 0 aromatic carbocycles. The predicted molar refractivity (Wildman–Crippen MR) is 83.3 cm³/mol. The average molecular weight is 323 g/mol. The van der Waals surface area contributed by atoms with Crippen molar-refractivity contribution in [2.24, 2.45) is 5.92 Å². The first-order valence-electron chi connectivity index (χ1n) is 7.62.